The molecule has 132 valence electrons. The van der Waals surface area contributed by atoms with Crippen LogP contribution in [0.15, 0.2) is 34.2 Å². The van der Waals surface area contributed by atoms with E-state index in [1.54, 1.807) is 4.57 Å². The monoisotopic (exact) mass is 358 g/mol. The molecule has 0 unspecified atom stereocenters. The lowest BCUT2D eigenvalue weighted by Gasteiger charge is -2.22. The van der Waals surface area contributed by atoms with Gasteiger partial charge in [0.1, 0.15) is 5.78 Å². The molecule has 0 radical (unpaired) electrons. The Hall–Kier alpha value is -1.66. The first-order chi connectivity index (χ1) is 12.2. The van der Waals surface area contributed by atoms with E-state index in [1.807, 2.05) is 24.3 Å². The highest BCUT2D eigenvalue weighted by Gasteiger charge is 2.27. The van der Waals surface area contributed by atoms with E-state index < -0.39 is 0 Å². The van der Waals surface area contributed by atoms with E-state index in [-0.39, 0.29) is 22.7 Å². The van der Waals surface area contributed by atoms with Crippen LogP contribution < -0.4 is 5.56 Å². The Bertz CT molecular complexity index is 842. The minimum absolute atomic E-state index is 0.0353. The summed E-state index contributed by atoms with van der Waals surface area (Å²) < 4.78 is 7.45. The number of nitrogens with zero attached hydrogens (tertiary/aromatic N) is 2. The van der Waals surface area contributed by atoms with Crippen LogP contribution in [0.5, 0.6) is 0 Å². The highest BCUT2D eigenvalue weighted by Crippen LogP contribution is 2.31. The van der Waals surface area contributed by atoms with Gasteiger partial charge in [0, 0.05) is 13.0 Å². The molecule has 0 spiro atoms. The maximum absolute atomic E-state index is 13.0. The predicted molar refractivity (Wildman–Crippen MR) is 98.1 cm³/mol. The van der Waals surface area contributed by atoms with Crippen molar-refractivity contribution >= 4 is 28.4 Å². The number of benzene rings is 1. The van der Waals surface area contributed by atoms with Crippen LogP contribution in [0.1, 0.15) is 38.5 Å². The summed E-state index contributed by atoms with van der Waals surface area (Å²) in [7, 11) is 0. The molecule has 4 rings (SSSR count). The third kappa shape index (κ3) is 3.51. The van der Waals surface area contributed by atoms with Gasteiger partial charge < -0.3 is 4.74 Å². The van der Waals surface area contributed by atoms with Crippen LogP contribution in [0.25, 0.3) is 10.9 Å². The molecule has 5 nitrogen and oxygen atoms in total. The van der Waals surface area contributed by atoms with Crippen LogP contribution in [-0.4, -0.2) is 33.3 Å². The smallest absolute Gasteiger partial charge is 0.262 e. The number of thioether (sulfide) groups is 1. The number of hydrogen-bond acceptors (Lipinski definition) is 5. The van der Waals surface area contributed by atoms with Crippen molar-refractivity contribution in [3.63, 3.8) is 0 Å². The van der Waals surface area contributed by atoms with Gasteiger partial charge >= 0.3 is 0 Å². The zero-order valence-corrected chi connectivity index (χ0v) is 15.0. The lowest BCUT2D eigenvalue weighted by Crippen LogP contribution is -2.30. The van der Waals surface area contributed by atoms with E-state index in [0.29, 0.717) is 29.0 Å². The molecule has 25 heavy (non-hydrogen) atoms. The Morgan fingerprint density at radius 3 is 2.84 bits per heavy atom. The van der Waals surface area contributed by atoms with Gasteiger partial charge in [-0.15, -0.1) is 0 Å². The maximum Gasteiger partial charge on any atom is 0.262 e. The van der Waals surface area contributed by atoms with Crippen LogP contribution in [0.2, 0.25) is 0 Å². The molecule has 0 amide bonds. The van der Waals surface area contributed by atoms with E-state index >= 15 is 0 Å². The van der Waals surface area contributed by atoms with Crippen molar-refractivity contribution in [2.45, 2.75) is 61.6 Å². The topological polar surface area (TPSA) is 61.2 Å². The van der Waals surface area contributed by atoms with Crippen LogP contribution in [-0.2, 0) is 16.1 Å². The molecule has 6 heteroatoms. The van der Waals surface area contributed by atoms with E-state index in [9.17, 15) is 9.59 Å². The number of fused-ring (bicyclic) bond motifs is 1. The van der Waals surface area contributed by atoms with Crippen molar-refractivity contribution in [3.8, 4) is 0 Å². The van der Waals surface area contributed by atoms with Gasteiger partial charge in [0.05, 0.1) is 28.8 Å². The van der Waals surface area contributed by atoms with Crippen molar-refractivity contribution in [2.24, 2.45) is 0 Å². The van der Waals surface area contributed by atoms with Crippen molar-refractivity contribution in [1.82, 2.24) is 9.55 Å². The number of hydrogen-bond donors (Lipinski definition) is 0. The average Bonchev–Trinajstić information content (AvgIpc) is 3.13. The Morgan fingerprint density at radius 2 is 2.04 bits per heavy atom. The summed E-state index contributed by atoms with van der Waals surface area (Å²) in [5, 5.41) is 1.19. The fourth-order valence-corrected chi connectivity index (χ4v) is 4.82. The van der Waals surface area contributed by atoms with E-state index in [0.717, 1.165) is 38.7 Å². The molecule has 1 aromatic carbocycles. The number of ketones is 1. The summed E-state index contributed by atoms with van der Waals surface area (Å²) in [5.41, 5.74) is 0.661. The minimum atomic E-state index is -0.0856. The average molecular weight is 358 g/mol. The number of Topliss-reactive ketones (excluding diaryl/α,β-unsaturated/α-hetero) is 1. The first-order valence-corrected chi connectivity index (χ1v) is 9.91. The van der Waals surface area contributed by atoms with Gasteiger partial charge in [-0.25, -0.2) is 4.98 Å². The molecule has 2 atom stereocenters. The standard InChI is InChI=1S/C19H22N2O3S/c22-16-9-3-4-10-17(16)25-19-20-15-8-2-1-7-14(15)18(23)21(19)12-13-6-5-11-24-13/h1-2,7-8,13,17H,3-6,9-12H2/t13-,17-/m1/s1. The van der Waals surface area contributed by atoms with Gasteiger partial charge in [0.2, 0.25) is 0 Å². The van der Waals surface area contributed by atoms with Gasteiger partial charge in [-0.3, -0.25) is 14.2 Å². The normalized spacial score (nSPS) is 24.1. The Labute approximate surface area is 150 Å². The fourth-order valence-electron chi connectivity index (χ4n) is 3.59. The third-order valence-electron chi connectivity index (χ3n) is 4.98. The van der Waals surface area contributed by atoms with E-state index in [2.05, 4.69) is 0 Å². The summed E-state index contributed by atoms with van der Waals surface area (Å²) in [6, 6.07) is 7.43. The highest BCUT2D eigenvalue weighted by molar-refractivity contribution is 8.00. The van der Waals surface area contributed by atoms with Gasteiger partial charge in [0.25, 0.3) is 5.56 Å². The molecule has 2 heterocycles. The van der Waals surface area contributed by atoms with Gasteiger partial charge in [-0.1, -0.05) is 30.3 Å². The molecule has 0 N–H and O–H groups in total. The molecule has 0 bridgehead atoms. The Kier molecular flexibility index (Phi) is 4.90. The van der Waals surface area contributed by atoms with Crippen LogP contribution in [0, 0.1) is 0 Å². The van der Waals surface area contributed by atoms with Gasteiger partial charge in [-0.05, 0) is 37.8 Å². The van der Waals surface area contributed by atoms with Crippen molar-refractivity contribution in [2.75, 3.05) is 6.61 Å². The number of carbonyl (C=O) groups excluding carboxylic acids is 1. The predicted octanol–water partition coefficient (Wildman–Crippen LogP) is 3.18. The molecule has 1 aliphatic carbocycles. The lowest BCUT2D eigenvalue weighted by molar-refractivity contribution is -0.119. The molecule has 2 aromatic rings. The Morgan fingerprint density at radius 1 is 1.16 bits per heavy atom. The molecule has 2 aliphatic rings. The summed E-state index contributed by atoms with van der Waals surface area (Å²) >= 11 is 1.46. The van der Waals surface area contributed by atoms with Crippen LogP contribution in [0.3, 0.4) is 0 Å². The van der Waals surface area contributed by atoms with Crippen LogP contribution in [0.4, 0.5) is 0 Å². The minimum Gasteiger partial charge on any atom is -0.376 e. The molecule has 1 saturated carbocycles. The third-order valence-corrected chi connectivity index (χ3v) is 6.29. The largest absolute Gasteiger partial charge is 0.376 e. The zero-order valence-electron chi connectivity index (χ0n) is 14.1. The second-order valence-corrected chi connectivity index (χ2v) is 7.95. The van der Waals surface area contributed by atoms with Crippen molar-refractivity contribution in [1.29, 1.82) is 0 Å². The summed E-state index contributed by atoms with van der Waals surface area (Å²) in [6.45, 7) is 1.27. The molecule has 1 aromatic heterocycles. The molecule has 1 saturated heterocycles. The molecule has 2 fully saturated rings. The molecular weight excluding hydrogens is 336 g/mol. The lowest BCUT2D eigenvalue weighted by atomic mass is 9.99. The Balaban J connectivity index is 1.74. The molecule has 1 aliphatic heterocycles. The first-order valence-electron chi connectivity index (χ1n) is 9.03. The number of aromatic nitrogens is 2. The first kappa shape index (κ1) is 16.8. The number of rotatable bonds is 4. The van der Waals surface area contributed by atoms with E-state index in [1.165, 1.54) is 11.8 Å². The second-order valence-electron chi connectivity index (χ2n) is 6.78. The quantitative estimate of drug-likeness (QED) is 0.786. The second kappa shape index (κ2) is 7.30. The van der Waals surface area contributed by atoms with Gasteiger partial charge in [0.15, 0.2) is 5.16 Å². The van der Waals surface area contributed by atoms with Crippen molar-refractivity contribution < 1.29 is 9.53 Å². The SMILES string of the molecule is O=C1CCCC[C@H]1Sc1nc2ccccc2c(=O)n1C[C@H]1CCCO1. The summed E-state index contributed by atoms with van der Waals surface area (Å²) in [4.78, 5) is 30.0. The summed E-state index contributed by atoms with van der Waals surface area (Å²) in [6.07, 6.45) is 5.60. The molecular formula is C19H22N2O3S. The number of ether oxygens (including phenoxy) is 1. The number of para-hydroxylation sites is 1. The van der Waals surface area contributed by atoms with Crippen molar-refractivity contribution in [3.05, 3.63) is 34.6 Å². The highest BCUT2D eigenvalue weighted by atomic mass is 32.2. The summed E-state index contributed by atoms with van der Waals surface area (Å²) in [5.74, 6) is 0.280. The van der Waals surface area contributed by atoms with Crippen LogP contribution >= 0.6 is 11.8 Å². The number of carbonyl (C=O) groups is 1. The zero-order chi connectivity index (χ0) is 17.2. The van der Waals surface area contributed by atoms with E-state index in [4.69, 9.17) is 9.72 Å². The maximum atomic E-state index is 13.0. The van der Waals surface area contributed by atoms with Gasteiger partial charge in [-0.2, -0.15) is 0 Å². The fraction of sp³-hybridized carbons (Fsp3) is 0.526.